The molecule has 2 rings (SSSR count). The van der Waals surface area contributed by atoms with Gasteiger partial charge in [-0.2, -0.15) is 0 Å². The lowest BCUT2D eigenvalue weighted by Crippen LogP contribution is -2.30. The first-order valence-corrected chi connectivity index (χ1v) is 4.49. The van der Waals surface area contributed by atoms with E-state index in [0.29, 0.717) is 5.46 Å². The summed E-state index contributed by atoms with van der Waals surface area (Å²) in [6, 6.07) is 0. The van der Waals surface area contributed by atoms with Gasteiger partial charge in [-0.05, 0) is 12.8 Å². The third kappa shape index (κ3) is 4.31. The molecule has 1 saturated heterocycles. The third-order valence-corrected chi connectivity index (χ3v) is 1.71. The third-order valence-electron chi connectivity index (χ3n) is 1.71. The summed E-state index contributed by atoms with van der Waals surface area (Å²) >= 11 is 0. The fourth-order valence-electron chi connectivity index (χ4n) is 0.954. The van der Waals surface area contributed by atoms with Crippen LogP contribution in [0.5, 0.6) is 0 Å². The molecule has 1 aromatic heterocycles. The van der Waals surface area contributed by atoms with Gasteiger partial charge in [-0.15, -0.1) is 0 Å². The van der Waals surface area contributed by atoms with Crippen LogP contribution in [0.15, 0.2) is 18.7 Å². The van der Waals surface area contributed by atoms with Crippen LogP contribution in [-0.4, -0.2) is 40.3 Å². The molecule has 0 aromatic carbocycles. The molecule has 2 heterocycles. The summed E-state index contributed by atoms with van der Waals surface area (Å²) in [6.07, 6.45) is 6.57. The minimum Gasteiger partial charge on any atom is -0.423 e. The maximum Gasteiger partial charge on any atom is 0.491 e. The zero-order valence-corrected chi connectivity index (χ0v) is 7.83. The Hall–Kier alpha value is -0.975. The van der Waals surface area contributed by atoms with Crippen LogP contribution in [0.2, 0.25) is 0 Å². The Morgan fingerprint density at radius 1 is 1.14 bits per heavy atom. The monoisotopic (exact) mass is 196 g/mol. The van der Waals surface area contributed by atoms with E-state index in [-0.39, 0.29) is 0 Å². The highest BCUT2D eigenvalue weighted by atomic mass is 16.5. The van der Waals surface area contributed by atoms with Crippen molar-refractivity contribution in [3.8, 4) is 0 Å². The molecular weight excluding hydrogens is 183 g/mol. The van der Waals surface area contributed by atoms with Crippen molar-refractivity contribution < 1.29 is 14.8 Å². The smallest absolute Gasteiger partial charge is 0.423 e. The van der Waals surface area contributed by atoms with Crippen molar-refractivity contribution in [1.82, 2.24) is 9.97 Å². The van der Waals surface area contributed by atoms with Crippen LogP contribution in [0.25, 0.3) is 0 Å². The molecule has 0 bridgehead atoms. The molecule has 0 saturated carbocycles. The van der Waals surface area contributed by atoms with Crippen molar-refractivity contribution in [1.29, 1.82) is 0 Å². The van der Waals surface area contributed by atoms with Crippen LogP contribution in [0.3, 0.4) is 0 Å². The summed E-state index contributed by atoms with van der Waals surface area (Å²) in [5.74, 6) is 0. The van der Waals surface area contributed by atoms with Crippen molar-refractivity contribution in [3.05, 3.63) is 18.7 Å². The predicted octanol–water partition coefficient (Wildman–Crippen LogP) is -1.05. The molecule has 5 nitrogen and oxygen atoms in total. The minimum atomic E-state index is -1.47. The van der Waals surface area contributed by atoms with Gasteiger partial charge in [-0.3, -0.25) is 0 Å². The summed E-state index contributed by atoms with van der Waals surface area (Å²) < 4.78 is 4.94. The largest absolute Gasteiger partial charge is 0.491 e. The molecule has 1 aliphatic heterocycles. The van der Waals surface area contributed by atoms with E-state index in [1.165, 1.54) is 31.6 Å². The number of rotatable bonds is 1. The van der Waals surface area contributed by atoms with Gasteiger partial charge >= 0.3 is 7.12 Å². The van der Waals surface area contributed by atoms with Crippen LogP contribution in [0, 0.1) is 0 Å². The minimum absolute atomic E-state index is 0.303. The Kier molecular flexibility index (Phi) is 5.13. The van der Waals surface area contributed by atoms with E-state index in [1.54, 1.807) is 0 Å². The average Bonchev–Trinajstić information content (AvgIpc) is 2.77. The first kappa shape index (κ1) is 11.1. The highest BCUT2D eigenvalue weighted by Crippen LogP contribution is 1.98. The summed E-state index contributed by atoms with van der Waals surface area (Å²) in [5.41, 5.74) is 0.303. The molecule has 0 amide bonds. The van der Waals surface area contributed by atoms with Crippen molar-refractivity contribution in [3.63, 3.8) is 0 Å². The molecule has 6 heteroatoms. The van der Waals surface area contributed by atoms with Gasteiger partial charge in [-0.25, -0.2) is 9.97 Å². The highest BCUT2D eigenvalue weighted by Gasteiger charge is 2.09. The lowest BCUT2D eigenvalue weighted by molar-refractivity contribution is 0.198. The lowest BCUT2D eigenvalue weighted by atomic mass is 9.83. The van der Waals surface area contributed by atoms with Crippen LogP contribution in [0.4, 0.5) is 0 Å². The number of nitrogens with zero attached hydrogens (tertiary/aromatic N) is 2. The normalized spacial score (nSPS) is 14.4. The van der Waals surface area contributed by atoms with E-state index < -0.39 is 7.12 Å². The number of aromatic nitrogens is 2. The van der Waals surface area contributed by atoms with E-state index in [2.05, 4.69) is 9.97 Å². The predicted molar refractivity (Wildman–Crippen MR) is 51.9 cm³/mol. The van der Waals surface area contributed by atoms with Crippen molar-refractivity contribution in [2.45, 2.75) is 12.8 Å². The van der Waals surface area contributed by atoms with Gasteiger partial charge in [0.25, 0.3) is 0 Å². The number of hydrogen-bond donors (Lipinski definition) is 2. The molecule has 1 aliphatic rings. The zero-order chi connectivity index (χ0) is 10.2. The van der Waals surface area contributed by atoms with E-state index in [1.807, 2.05) is 0 Å². The van der Waals surface area contributed by atoms with Gasteiger partial charge in [0.2, 0.25) is 0 Å². The fraction of sp³-hybridized carbons (Fsp3) is 0.500. The van der Waals surface area contributed by atoms with Gasteiger partial charge in [0.15, 0.2) is 0 Å². The first-order chi connectivity index (χ1) is 6.80. The molecule has 0 unspecified atom stereocenters. The van der Waals surface area contributed by atoms with Crippen molar-refractivity contribution in [2.75, 3.05) is 13.2 Å². The molecule has 14 heavy (non-hydrogen) atoms. The Balaban J connectivity index is 0.000000165. The van der Waals surface area contributed by atoms with Gasteiger partial charge in [0, 0.05) is 31.1 Å². The Morgan fingerprint density at radius 3 is 2.00 bits per heavy atom. The maximum absolute atomic E-state index is 8.50. The van der Waals surface area contributed by atoms with Gasteiger partial charge < -0.3 is 14.8 Å². The van der Waals surface area contributed by atoms with Crippen LogP contribution in [0.1, 0.15) is 12.8 Å². The molecule has 0 atom stereocenters. The van der Waals surface area contributed by atoms with Crippen LogP contribution >= 0.6 is 0 Å². The van der Waals surface area contributed by atoms with E-state index >= 15 is 0 Å². The maximum atomic E-state index is 8.50. The summed E-state index contributed by atoms with van der Waals surface area (Å²) in [4.78, 5) is 7.15. The Morgan fingerprint density at radius 2 is 1.71 bits per heavy atom. The van der Waals surface area contributed by atoms with E-state index in [4.69, 9.17) is 14.8 Å². The lowest BCUT2D eigenvalue weighted by Gasteiger charge is -1.92. The molecule has 0 radical (unpaired) electrons. The molecular formula is C8H13BN2O3. The summed E-state index contributed by atoms with van der Waals surface area (Å²) in [5, 5.41) is 17.0. The van der Waals surface area contributed by atoms with Gasteiger partial charge in [0.05, 0.1) is 0 Å². The first-order valence-electron chi connectivity index (χ1n) is 4.49. The van der Waals surface area contributed by atoms with Crippen molar-refractivity contribution >= 4 is 12.6 Å². The van der Waals surface area contributed by atoms with Crippen LogP contribution in [-0.2, 0) is 4.74 Å². The fourth-order valence-corrected chi connectivity index (χ4v) is 0.954. The summed E-state index contributed by atoms with van der Waals surface area (Å²) in [7, 11) is -1.47. The number of hydrogen-bond acceptors (Lipinski definition) is 5. The molecule has 76 valence electrons. The average molecular weight is 196 g/mol. The summed E-state index contributed by atoms with van der Waals surface area (Å²) in [6.45, 7) is 2.00. The second-order valence-electron chi connectivity index (χ2n) is 2.86. The second kappa shape index (κ2) is 6.47. The highest BCUT2D eigenvalue weighted by molar-refractivity contribution is 6.58. The number of ether oxygens (including phenoxy) is 1. The van der Waals surface area contributed by atoms with Gasteiger partial charge in [0.1, 0.15) is 6.33 Å². The topological polar surface area (TPSA) is 75.5 Å². The second-order valence-corrected chi connectivity index (χ2v) is 2.86. The SMILES string of the molecule is C1CCOC1.OB(O)c1cncnc1. The van der Waals surface area contributed by atoms with Crippen LogP contribution < -0.4 is 5.46 Å². The van der Waals surface area contributed by atoms with E-state index in [0.717, 1.165) is 13.2 Å². The Labute approximate surface area is 82.9 Å². The quantitative estimate of drug-likeness (QED) is 0.560. The van der Waals surface area contributed by atoms with Gasteiger partial charge in [-0.1, -0.05) is 0 Å². The van der Waals surface area contributed by atoms with E-state index in [9.17, 15) is 0 Å². The van der Waals surface area contributed by atoms with Crippen molar-refractivity contribution in [2.24, 2.45) is 0 Å². The Bertz CT molecular complexity index is 234. The standard InChI is InChI=1S/C4H5BN2O2.C4H8O/c8-5(9)4-1-6-3-7-2-4;1-2-4-5-3-1/h1-3,8-9H;1-4H2. The molecule has 0 aliphatic carbocycles. The zero-order valence-electron chi connectivity index (χ0n) is 7.83. The molecule has 1 fully saturated rings. The molecule has 0 spiro atoms. The molecule has 2 N–H and O–H groups in total. The molecule has 1 aromatic rings.